The van der Waals surface area contributed by atoms with Crippen LogP contribution in [0.3, 0.4) is 0 Å². The zero-order valence-corrected chi connectivity index (χ0v) is 9.64. The zero-order valence-electron chi connectivity index (χ0n) is 9.64. The molecule has 1 aliphatic carbocycles. The number of aliphatic carboxylic acids is 2. The third-order valence-electron chi connectivity index (χ3n) is 3.69. The maximum absolute atomic E-state index is 11.5. The minimum Gasteiger partial charge on any atom is -0.481 e. The van der Waals surface area contributed by atoms with Crippen molar-refractivity contribution in [1.29, 1.82) is 0 Å². The summed E-state index contributed by atoms with van der Waals surface area (Å²) in [6, 6.07) is 0. The molecule has 2 N–H and O–H groups in total. The molecule has 0 bridgehead atoms. The van der Waals surface area contributed by atoms with Gasteiger partial charge in [-0.15, -0.1) is 0 Å². The van der Waals surface area contributed by atoms with Crippen LogP contribution in [-0.4, -0.2) is 22.2 Å². The summed E-state index contributed by atoms with van der Waals surface area (Å²) < 4.78 is 0. The highest BCUT2D eigenvalue weighted by Crippen LogP contribution is 2.44. The van der Waals surface area contributed by atoms with Crippen molar-refractivity contribution in [2.45, 2.75) is 33.1 Å². The first-order valence-electron chi connectivity index (χ1n) is 5.60. The number of carboxylic acid groups (broad SMARTS) is 2. The fourth-order valence-electron chi connectivity index (χ4n) is 2.50. The lowest BCUT2D eigenvalue weighted by molar-refractivity contribution is -0.163. The Balaban J connectivity index is 3.23. The quantitative estimate of drug-likeness (QED) is 0.720. The third-order valence-corrected chi connectivity index (χ3v) is 3.69. The third kappa shape index (κ3) is 1.84. The number of carboxylic acids is 2. The number of rotatable bonds is 4. The molecular formula is C12H18O4. The van der Waals surface area contributed by atoms with Gasteiger partial charge in [-0.2, -0.15) is 0 Å². The highest BCUT2D eigenvalue weighted by atomic mass is 16.4. The fourth-order valence-corrected chi connectivity index (χ4v) is 2.50. The highest BCUT2D eigenvalue weighted by molar-refractivity contribution is 5.86. The van der Waals surface area contributed by atoms with E-state index in [1.807, 2.05) is 6.92 Å². The van der Waals surface area contributed by atoms with Gasteiger partial charge in [0.2, 0.25) is 0 Å². The second-order valence-corrected chi connectivity index (χ2v) is 4.42. The Hall–Kier alpha value is -1.32. The van der Waals surface area contributed by atoms with Gasteiger partial charge < -0.3 is 10.2 Å². The molecule has 0 aromatic heterocycles. The lowest BCUT2D eigenvalue weighted by Gasteiger charge is -2.39. The topological polar surface area (TPSA) is 74.6 Å². The number of hydrogen-bond acceptors (Lipinski definition) is 2. The number of hydrogen-bond donors (Lipinski definition) is 2. The smallest absolute Gasteiger partial charge is 0.314 e. The molecule has 1 rings (SSSR count). The van der Waals surface area contributed by atoms with E-state index in [9.17, 15) is 14.7 Å². The van der Waals surface area contributed by atoms with Gasteiger partial charge in [-0.25, -0.2) is 0 Å². The molecule has 4 nitrogen and oxygen atoms in total. The van der Waals surface area contributed by atoms with Crippen LogP contribution < -0.4 is 0 Å². The van der Waals surface area contributed by atoms with Gasteiger partial charge in [0, 0.05) is 0 Å². The van der Waals surface area contributed by atoms with Crippen LogP contribution in [0.15, 0.2) is 12.2 Å². The summed E-state index contributed by atoms with van der Waals surface area (Å²) in [6.07, 6.45) is 5.08. The normalized spacial score (nSPS) is 31.0. The van der Waals surface area contributed by atoms with Crippen LogP contribution in [-0.2, 0) is 9.59 Å². The first-order valence-corrected chi connectivity index (χ1v) is 5.60. The number of allylic oxidation sites excluding steroid dienone is 1. The van der Waals surface area contributed by atoms with Crippen molar-refractivity contribution >= 4 is 11.9 Å². The molecule has 0 radical (unpaired) electrons. The summed E-state index contributed by atoms with van der Waals surface area (Å²) in [5.74, 6) is -3.02. The van der Waals surface area contributed by atoms with E-state index in [1.54, 1.807) is 19.1 Å². The molecule has 16 heavy (non-hydrogen) atoms. The van der Waals surface area contributed by atoms with Crippen molar-refractivity contribution in [1.82, 2.24) is 0 Å². The molecule has 0 aromatic rings. The molecule has 90 valence electrons. The van der Waals surface area contributed by atoms with E-state index < -0.39 is 23.3 Å². The van der Waals surface area contributed by atoms with Gasteiger partial charge in [0.25, 0.3) is 0 Å². The first-order chi connectivity index (χ1) is 7.46. The maximum atomic E-state index is 11.5. The van der Waals surface area contributed by atoms with Crippen LogP contribution in [0, 0.1) is 17.3 Å². The van der Waals surface area contributed by atoms with Crippen molar-refractivity contribution in [3.63, 3.8) is 0 Å². The van der Waals surface area contributed by atoms with Gasteiger partial charge in [0.05, 0.1) is 5.92 Å². The van der Waals surface area contributed by atoms with E-state index in [0.29, 0.717) is 19.3 Å². The Kier molecular flexibility index (Phi) is 3.73. The Morgan fingerprint density at radius 3 is 2.56 bits per heavy atom. The van der Waals surface area contributed by atoms with E-state index >= 15 is 0 Å². The Morgan fingerprint density at radius 2 is 2.12 bits per heavy atom. The van der Waals surface area contributed by atoms with Crippen molar-refractivity contribution < 1.29 is 19.8 Å². The second kappa shape index (κ2) is 4.68. The largest absolute Gasteiger partial charge is 0.481 e. The molecule has 0 heterocycles. The molecule has 1 aliphatic rings. The molecule has 3 unspecified atom stereocenters. The maximum Gasteiger partial charge on any atom is 0.314 e. The predicted molar refractivity (Wildman–Crippen MR) is 59.0 cm³/mol. The lowest BCUT2D eigenvalue weighted by atomic mass is 9.62. The van der Waals surface area contributed by atoms with E-state index in [1.165, 1.54) is 0 Å². The van der Waals surface area contributed by atoms with E-state index in [2.05, 4.69) is 0 Å². The summed E-state index contributed by atoms with van der Waals surface area (Å²) in [7, 11) is 0. The van der Waals surface area contributed by atoms with Crippen LogP contribution in [0.2, 0.25) is 0 Å². The number of carbonyl (C=O) groups is 2. The molecule has 0 amide bonds. The summed E-state index contributed by atoms with van der Waals surface area (Å²) in [6.45, 7) is 3.69. The van der Waals surface area contributed by atoms with Crippen molar-refractivity contribution in [3.8, 4) is 0 Å². The average Bonchev–Trinajstić information content (AvgIpc) is 2.27. The second-order valence-electron chi connectivity index (χ2n) is 4.42. The average molecular weight is 226 g/mol. The Bertz CT molecular complexity index is 321. The van der Waals surface area contributed by atoms with Gasteiger partial charge in [0.1, 0.15) is 5.41 Å². The molecule has 0 fully saturated rings. The predicted octanol–water partition coefficient (Wildman–Crippen LogP) is 2.15. The van der Waals surface area contributed by atoms with Crippen LogP contribution >= 0.6 is 0 Å². The summed E-state index contributed by atoms with van der Waals surface area (Å²) >= 11 is 0. The van der Waals surface area contributed by atoms with E-state index in [4.69, 9.17) is 5.11 Å². The highest BCUT2D eigenvalue weighted by Gasteiger charge is 2.51. The Labute approximate surface area is 95.0 Å². The summed E-state index contributed by atoms with van der Waals surface area (Å²) in [4.78, 5) is 22.7. The molecule has 0 aliphatic heterocycles. The standard InChI is InChI=1S/C12H18O4/c1-3-8(2)12(11(15)16)7-5-4-6-9(12)10(13)14/h5,7-9H,3-4,6H2,1-2H3,(H,13,14)(H,15,16). The molecule has 0 spiro atoms. The van der Waals surface area contributed by atoms with Gasteiger partial charge in [-0.05, 0) is 18.8 Å². The summed E-state index contributed by atoms with van der Waals surface area (Å²) in [5.41, 5.74) is -1.24. The van der Waals surface area contributed by atoms with E-state index in [-0.39, 0.29) is 5.92 Å². The molecule has 4 heteroatoms. The molecule has 3 atom stereocenters. The minimum absolute atomic E-state index is 0.178. The summed E-state index contributed by atoms with van der Waals surface area (Å²) in [5, 5.41) is 18.6. The zero-order chi connectivity index (χ0) is 12.3. The SMILES string of the molecule is CCC(C)C1(C(=O)O)C=CCCC1C(=O)O. The van der Waals surface area contributed by atoms with Crippen LogP contribution in [0.4, 0.5) is 0 Å². The minimum atomic E-state index is -1.24. The van der Waals surface area contributed by atoms with Crippen LogP contribution in [0.5, 0.6) is 0 Å². The lowest BCUT2D eigenvalue weighted by Crippen LogP contribution is -2.47. The van der Waals surface area contributed by atoms with E-state index in [0.717, 1.165) is 0 Å². The van der Waals surface area contributed by atoms with Gasteiger partial charge in [0.15, 0.2) is 0 Å². The van der Waals surface area contributed by atoms with Crippen molar-refractivity contribution in [2.75, 3.05) is 0 Å². The van der Waals surface area contributed by atoms with Gasteiger partial charge in [-0.3, -0.25) is 9.59 Å². The van der Waals surface area contributed by atoms with Crippen molar-refractivity contribution in [3.05, 3.63) is 12.2 Å². The molecule has 0 aromatic carbocycles. The van der Waals surface area contributed by atoms with Crippen LogP contribution in [0.25, 0.3) is 0 Å². The molecule has 0 saturated heterocycles. The van der Waals surface area contributed by atoms with Gasteiger partial charge >= 0.3 is 11.9 Å². The Morgan fingerprint density at radius 1 is 1.50 bits per heavy atom. The monoisotopic (exact) mass is 226 g/mol. The van der Waals surface area contributed by atoms with Gasteiger partial charge in [-0.1, -0.05) is 32.4 Å². The first kappa shape index (κ1) is 12.7. The van der Waals surface area contributed by atoms with Crippen molar-refractivity contribution in [2.24, 2.45) is 17.3 Å². The fraction of sp³-hybridized carbons (Fsp3) is 0.667. The van der Waals surface area contributed by atoms with Crippen LogP contribution in [0.1, 0.15) is 33.1 Å². The molecule has 0 saturated carbocycles. The molecular weight excluding hydrogens is 208 g/mol.